The molecule has 3 aromatic carbocycles. The van der Waals surface area contributed by atoms with Crippen LogP contribution in [-0.4, -0.2) is 94.7 Å². The van der Waals surface area contributed by atoms with Gasteiger partial charge in [0.1, 0.15) is 41.6 Å². The molecule has 2 fully saturated rings. The number of rotatable bonds is 10. The highest BCUT2D eigenvalue weighted by Gasteiger charge is 2.42. The van der Waals surface area contributed by atoms with Crippen LogP contribution in [0, 0.1) is 0 Å². The van der Waals surface area contributed by atoms with Gasteiger partial charge in [-0.3, -0.25) is 4.57 Å². The topological polar surface area (TPSA) is 126 Å². The van der Waals surface area contributed by atoms with Crippen LogP contribution in [0.15, 0.2) is 96.5 Å². The summed E-state index contributed by atoms with van der Waals surface area (Å²) in [6.07, 6.45) is 1.53. The zero-order chi connectivity index (χ0) is 33.8. The number of amidine groups is 1. The molecule has 7 rings (SSSR count). The van der Waals surface area contributed by atoms with Crippen LogP contribution in [0.4, 0.5) is 5.82 Å². The predicted molar refractivity (Wildman–Crippen MR) is 183 cm³/mol. The largest absolute Gasteiger partial charge is 0.497 e. The molecule has 0 spiro atoms. The van der Waals surface area contributed by atoms with Crippen LogP contribution in [0.1, 0.15) is 36.3 Å². The number of hydrogen-bond donors (Lipinski definition) is 1. The number of morpholine rings is 1. The van der Waals surface area contributed by atoms with Gasteiger partial charge in [-0.2, -0.15) is 0 Å². The van der Waals surface area contributed by atoms with E-state index in [-0.39, 0.29) is 6.61 Å². The molecule has 0 radical (unpaired) electrons. The number of aliphatic hydroxyl groups excluding tert-OH is 1. The maximum absolute atomic E-state index is 11.4. The first kappa shape index (κ1) is 32.7. The quantitative estimate of drug-likeness (QED) is 0.125. The molecule has 1 unspecified atom stereocenters. The van der Waals surface area contributed by atoms with Gasteiger partial charge in [-0.05, 0) is 47.9 Å². The summed E-state index contributed by atoms with van der Waals surface area (Å²) in [6.45, 7) is 4.94. The lowest BCUT2D eigenvalue weighted by Gasteiger charge is -2.37. The lowest BCUT2D eigenvalue weighted by molar-refractivity contribution is -0.0931. The van der Waals surface area contributed by atoms with E-state index in [9.17, 15) is 5.11 Å². The molecule has 254 valence electrons. The Bertz CT molecular complexity index is 1830. The summed E-state index contributed by atoms with van der Waals surface area (Å²) in [5.41, 5.74) is 2.82. The first-order valence-electron chi connectivity index (χ1n) is 16.4. The monoisotopic (exact) mass is 664 g/mol. The van der Waals surface area contributed by atoms with Gasteiger partial charge in [-0.1, -0.05) is 54.6 Å². The van der Waals surface area contributed by atoms with Crippen molar-refractivity contribution in [2.75, 3.05) is 47.1 Å². The van der Waals surface area contributed by atoms with Crippen molar-refractivity contribution in [1.29, 1.82) is 0 Å². The van der Waals surface area contributed by atoms with Gasteiger partial charge in [-0.15, -0.1) is 0 Å². The molecule has 4 heterocycles. The summed E-state index contributed by atoms with van der Waals surface area (Å²) >= 11 is 0. The first-order chi connectivity index (χ1) is 24.0. The number of ether oxygens (including phenoxy) is 5. The van der Waals surface area contributed by atoms with E-state index < -0.39 is 24.0 Å². The molecule has 2 aliphatic heterocycles. The number of hydrogen-bond acceptors (Lipinski definition) is 10. The van der Waals surface area contributed by atoms with E-state index in [1.165, 1.54) is 6.33 Å². The Labute approximate surface area is 284 Å². The number of benzene rings is 3. The average molecular weight is 665 g/mol. The van der Waals surface area contributed by atoms with Crippen LogP contribution in [0.5, 0.6) is 11.5 Å². The second kappa shape index (κ2) is 14.3. The van der Waals surface area contributed by atoms with Crippen molar-refractivity contribution in [3.63, 3.8) is 0 Å². The molecule has 2 aliphatic rings. The Morgan fingerprint density at radius 2 is 1.51 bits per heavy atom. The molecule has 12 heteroatoms. The molecular weight excluding hydrogens is 624 g/mol. The fraction of sp³-hybridized carbons (Fsp3) is 0.351. The molecule has 5 aromatic rings. The predicted octanol–water partition coefficient (Wildman–Crippen LogP) is 4.88. The van der Waals surface area contributed by atoms with Crippen molar-refractivity contribution >= 4 is 22.8 Å². The van der Waals surface area contributed by atoms with E-state index in [1.807, 2.05) is 90.4 Å². The summed E-state index contributed by atoms with van der Waals surface area (Å²) in [5, 5.41) is 11.4. The third-order valence-corrected chi connectivity index (χ3v) is 9.23. The molecule has 2 aromatic heterocycles. The molecule has 0 amide bonds. The van der Waals surface area contributed by atoms with Gasteiger partial charge in [0.25, 0.3) is 0 Å². The summed E-state index contributed by atoms with van der Waals surface area (Å²) in [5.74, 6) is 2.80. The van der Waals surface area contributed by atoms with Crippen molar-refractivity contribution in [2.24, 2.45) is 4.99 Å². The fourth-order valence-corrected chi connectivity index (χ4v) is 6.56. The minimum atomic E-state index is -1.04. The maximum Gasteiger partial charge on any atom is 0.185 e. The zero-order valence-corrected chi connectivity index (χ0v) is 27.8. The van der Waals surface area contributed by atoms with Gasteiger partial charge in [0, 0.05) is 19.5 Å². The smallest absolute Gasteiger partial charge is 0.185 e. The van der Waals surface area contributed by atoms with Gasteiger partial charge in [0.15, 0.2) is 17.0 Å². The van der Waals surface area contributed by atoms with Gasteiger partial charge in [0.2, 0.25) is 0 Å². The Morgan fingerprint density at radius 1 is 0.878 bits per heavy atom. The second-order valence-corrected chi connectivity index (χ2v) is 12.0. The van der Waals surface area contributed by atoms with E-state index in [2.05, 4.69) is 19.9 Å². The highest BCUT2D eigenvalue weighted by Crippen LogP contribution is 2.43. The number of methoxy groups -OCH3 is 2. The normalized spacial score (nSPS) is 20.1. The molecule has 12 nitrogen and oxygen atoms in total. The van der Waals surface area contributed by atoms with Gasteiger partial charge >= 0.3 is 0 Å². The van der Waals surface area contributed by atoms with Crippen LogP contribution >= 0.6 is 0 Å². The SMILES string of the molecule is COc1ccc(C(OC[C@H]2O[C@@H](n3cnc4c(N=C(C)N5CCOCC5)ncnc43)CC2O)(c2ccccc2)c2ccc(OC)cc2)cc1. The Morgan fingerprint density at radius 3 is 2.14 bits per heavy atom. The number of aliphatic imine (C=N–C) groups is 1. The van der Waals surface area contributed by atoms with E-state index in [4.69, 9.17) is 28.7 Å². The van der Waals surface area contributed by atoms with Crippen LogP contribution in [0.3, 0.4) is 0 Å². The number of aliphatic hydroxyl groups is 1. The summed E-state index contributed by atoms with van der Waals surface area (Å²) in [7, 11) is 3.29. The molecule has 49 heavy (non-hydrogen) atoms. The van der Waals surface area contributed by atoms with Crippen molar-refractivity contribution < 1.29 is 28.8 Å². The lowest BCUT2D eigenvalue weighted by atomic mass is 9.80. The van der Waals surface area contributed by atoms with Crippen molar-refractivity contribution in [2.45, 2.75) is 37.4 Å². The highest BCUT2D eigenvalue weighted by atomic mass is 16.6. The number of imidazole rings is 1. The summed E-state index contributed by atoms with van der Waals surface area (Å²) in [6, 6.07) is 25.7. The number of nitrogens with zero attached hydrogens (tertiary/aromatic N) is 6. The van der Waals surface area contributed by atoms with Gasteiger partial charge in [0.05, 0.1) is 46.5 Å². The van der Waals surface area contributed by atoms with E-state index in [1.54, 1.807) is 20.5 Å². The van der Waals surface area contributed by atoms with Gasteiger partial charge in [-0.25, -0.2) is 19.9 Å². The lowest BCUT2D eigenvalue weighted by Crippen LogP contribution is -2.39. The molecule has 1 N–H and O–H groups in total. The first-order valence-corrected chi connectivity index (χ1v) is 16.4. The fourth-order valence-electron chi connectivity index (χ4n) is 6.56. The minimum Gasteiger partial charge on any atom is -0.497 e. The third kappa shape index (κ3) is 6.47. The number of fused-ring (bicyclic) bond motifs is 1. The van der Waals surface area contributed by atoms with Crippen molar-refractivity contribution in [3.05, 3.63) is 108 Å². The molecule has 0 aliphatic carbocycles. The van der Waals surface area contributed by atoms with E-state index in [0.717, 1.165) is 47.1 Å². The Kier molecular flexibility index (Phi) is 9.54. The third-order valence-electron chi connectivity index (χ3n) is 9.23. The van der Waals surface area contributed by atoms with Crippen LogP contribution < -0.4 is 9.47 Å². The van der Waals surface area contributed by atoms with Crippen LogP contribution in [0.2, 0.25) is 0 Å². The summed E-state index contributed by atoms with van der Waals surface area (Å²) in [4.78, 5) is 20.5. The Hall–Kier alpha value is -4.88. The van der Waals surface area contributed by atoms with E-state index >= 15 is 0 Å². The second-order valence-electron chi connectivity index (χ2n) is 12.0. The minimum absolute atomic E-state index is 0.0977. The standard InChI is InChI=1S/C37H40N6O6/c1-25(42-17-19-47-20-18-42)41-35-34-36(39-23-38-35)43(24-40-34)33-21-31(44)32(49-33)22-48-37(26-7-5-4-6-8-26,27-9-13-29(45-2)14-10-27)28-11-15-30(46-3)16-12-28/h4-16,23-24,31-33,44H,17-22H2,1-3H3/t31?,32-,33-/m1/s1. The number of aromatic nitrogens is 4. The molecule has 0 bridgehead atoms. The van der Waals surface area contributed by atoms with Crippen LogP contribution in [-0.2, 0) is 19.8 Å². The van der Waals surface area contributed by atoms with Crippen molar-refractivity contribution in [3.8, 4) is 11.5 Å². The zero-order valence-electron chi connectivity index (χ0n) is 27.8. The van der Waals surface area contributed by atoms with Gasteiger partial charge < -0.3 is 33.7 Å². The molecular formula is C37H40N6O6. The Balaban J connectivity index is 1.18. The highest BCUT2D eigenvalue weighted by molar-refractivity contribution is 5.88. The molecule has 3 atom stereocenters. The maximum atomic E-state index is 11.4. The summed E-state index contributed by atoms with van der Waals surface area (Å²) < 4.78 is 31.8. The molecule has 2 saturated heterocycles. The average Bonchev–Trinajstić information content (AvgIpc) is 3.76. The van der Waals surface area contributed by atoms with Crippen LogP contribution in [0.25, 0.3) is 11.2 Å². The van der Waals surface area contributed by atoms with Crippen molar-refractivity contribution in [1.82, 2.24) is 24.4 Å². The molecule has 0 saturated carbocycles. The van der Waals surface area contributed by atoms with E-state index in [0.29, 0.717) is 36.6 Å².